The van der Waals surface area contributed by atoms with E-state index in [4.69, 9.17) is 4.99 Å². The van der Waals surface area contributed by atoms with Crippen molar-refractivity contribution in [3.8, 4) is 0 Å². The molecular formula is C17H27N. The van der Waals surface area contributed by atoms with Gasteiger partial charge in [-0.25, -0.2) is 0 Å². The maximum atomic E-state index is 4.91. The van der Waals surface area contributed by atoms with E-state index in [0.29, 0.717) is 11.8 Å². The first-order valence-electron chi connectivity index (χ1n) is 7.14. The van der Waals surface area contributed by atoms with Crippen LogP contribution in [0.1, 0.15) is 77.3 Å². The molecule has 0 saturated heterocycles. The Morgan fingerprint density at radius 3 is 1.94 bits per heavy atom. The van der Waals surface area contributed by atoms with E-state index in [0.717, 1.165) is 12.8 Å². The molecule has 1 aromatic rings. The molecule has 0 aromatic heterocycles. The molecule has 0 heterocycles. The summed E-state index contributed by atoms with van der Waals surface area (Å²) in [5.41, 5.74) is 5.20. The molecule has 1 rings (SSSR count). The van der Waals surface area contributed by atoms with Crippen LogP contribution >= 0.6 is 0 Å². The first-order valence-corrected chi connectivity index (χ1v) is 7.14. The Balaban J connectivity index is 3.31. The third-order valence-corrected chi connectivity index (χ3v) is 3.26. The van der Waals surface area contributed by atoms with Crippen LogP contribution in [0, 0.1) is 0 Å². The average Bonchev–Trinajstić information content (AvgIpc) is 2.28. The van der Waals surface area contributed by atoms with Gasteiger partial charge in [0.05, 0.1) is 5.69 Å². The summed E-state index contributed by atoms with van der Waals surface area (Å²) in [5.74, 6) is 1.05. The Labute approximate surface area is 112 Å². The molecule has 1 heteroatoms. The number of para-hydroxylation sites is 1. The van der Waals surface area contributed by atoms with Crippen molar-refractivity contribution in [2.24, 2.45) is 4.99 Å². The van der Waals surface area contributed by atoms with E-state index in [1.54, 1.807) is 0 Å². The highest BCUT2D eigenvalue weighted by atomic mass is 14.8. The molecule has 0 aliphatic heterocycles. The normalized spacial score (nSPS) is 12.6. The third kappa shape index (κ3) is 3.69. The van der Waals surface area contributed by atoms with Crippen molar-refractivity contribution >= 4 is 11.4 Å². The van der Waals surface area contributed by atoms with E-state index >= 15 is 0 Å². The van der Waals surface area contributed by atoms with Gasteiger partial charge in [-0.15, -0.1) is 0 Å². The van der Waals surface area contributed by atoms with Crippen LogP contribution in [0.5, 0.6) is 0 Å². The summed E-state index contributed by atoms with van der Waals surface area (Å²) in [4.78, 5) is 4.91. The lowest BCUT2D eigenvalue weighted by Gasteiger charge is -2.17. The molecule has 1 aromatic carbocycles. The van der Waals surface area contributed by atoms with Crippen molar-refractivity contribution < 1.29 is 0 Å². The minimum absolute atomic E-state index is 0.525. The van der Waals surface area contributed by atoms with Crippen LogP contribution in [0.25, 0.3) is 0 Å². The molecule has 18 heavy (non-hydrogen) atoms. The quantitative estimate of drug-likeness (QED) is 0.579. The van der Waals surface area contributed by atoms with Gasteiger partial charge >= 0.3 is 0 Å². The van der Waals surface area contributed by atoms with E-state index in [1.165, 1.54) is 22.5 Å². The fourth-order valence-electron chi connectivity index (χ4n) is 2.25. The summed E-state index contributed by atoms with van der Waals surface area (Å²) < 4.78 is 0. The Hall–Kier alpha value is -1.11. The standard InChI is InChI=1S/C17H27N/c1-7-9-14(6)18-17-15(12(2)3)10-8-11-16(17)13(4)5/h8,10-13H,7,9H2,1-6H3. The van der Waals surface area contributed by atoms with Crippen molar-refractivity contribution in [3.05, 3.63) is 29.3 Å². The first kappa shape index (κ1) is 14.9. The average molecular weight is 245 g/mol. The summed E-state index contributed by atoms with van der Waals surface area (Å²) >= 11 is 0. The van der Waals surface area contributed by atoms with E-state index in [-0.39, 0.29) is 0 Å². The minimum atomic E-state index is 0.525. The van der Waals surface area contributed by atoms with Gasteiger partial charge < -0.3 is 0 Å². The van der Waals surface area contributed by atoms with Crippen LogP contribution in [0.4, 0.5) is 5.69 Å². The number of hydrogen-bond donors (Lipinski definition) is 0. The highest BCUT2D eigenvalue weighted by Crippen LogP contribution is 2.34. The summed E-state index contributed by atoms with van der Waals surface area (Å²) in [7, 11) is 0. The van der Waals surface area contributed by atoms with Gasteiger partial charge in [-0.3, -0.25) is 4.99 Å². The van der Waals surface area contributed by atoms with E-state index in [9.17, 15) is 0 Å². The van der Waals surface area contributed by atoms with Gasteiger partial charge in [0, 0.05) is 5.71 Å². The number of nitrogens with zero attached hydrogens (tertiary/aromatic N) is 1. The van der Waals surface area contributed by atoms with Crippen LogP contribution < -0.4 is 0 Å². The minimum Gasteiger partial charge on any atom is -0.258 e. The number of benzene rings is 1. The second-order valence-electron chi connectivity index (χ2n) is 5.69. The van der Waals surface area contributed by atoms with Gasteiger partial charge in [0.15, 0.2) is 0 Å². The summed E-state index contributed by atoms with van der Waals surface area (Å²) in [6, 6.07) is 6.60. The fraction of sp³-hybridized carbons (Fsp3) is 0.588. The molecule has 0 aliphatic rings. The maximum absolute atomic E-state index is 4.91. The van der Waals surface area contributed by atoms with Gasteiger partial charge in [-0.05, 0) is 36.3 Å². The fourth-order valence-corrected chi connectivity index (χ4v) is 2.25. The van der Waals surface area contributed by atoms with Crippen molar-refractivity contribution in [1.82, 2.24) is 0 Å². The molecule has 0 fully saturated rings. The maximum Gasteiger partial charge on any atom is 0.0698 e. The lowest BCUT2D eigenvalue weighted by atomic mass is 9.93. The lowest BCUT2D eigenvalue weighted by molar-refractivity contribution is 0.833. The van der Waals surface area contributed by atoms with Crippen LogP contribution in [0.3, 0.4) is 0 Å². The Morgan fingerprint density at radius 2 is 1.56 bits per heavy atom. The zero-order chi connectivity index (χ0) is 13.7. The van der Waals surface area contributed by atoms with E-state index in [2.05, 4.69) is 59.7 Å². The monoisotopic (exact) mass is 245 g/mol. The molecular weight excluding hydrogens is 218 g/mol. The molecule has 0 aliphatic carbocycles. The van der Waals surface area contributed by atoms with Crippen LogP contribution in [-0.4, -0.2) is 5.71 Å². The molecule has 100 valence electrons. The van der Waals surface area contributed by atoms with Gasteiger partial charge in [0.2, 0.25) is 0 Å². The SMILES string of the molecule is CCCC(C)=Nc1c(C(C)C)cccc1C(C)C. The molecule has 0 spiro atoms. The predicted octanol–water partition coefficient (Wildman–Crippen LogP) is 5.83. The van der Waals surface area contributed by atoms with Crippen molar-refractivity contribution in [2.75, 3.05) is 0 Å². The van der Waals surface area contributed by atoms with E-state index < -0.39 is 0 Å². The largest absolute Gasteiger partial charge is 0.258 e. The zero-order valence-corrected chi connectivity index (χ0v) is 12.7. The van der Waals surface area contributed by atoms with Crippen LogP contribution in [0.2, 0.25) is 0 Å². The first-order chi connectivity index (χ1) is 8.47. The lowest BCUT2D eigenvalue weighted by Crippen LogP contribution is -1.98. The smallest absolute Gasteiger partial charge is 0.0698 e. The van der Waals surface area contributed by atoms with Crippen molar-refractivity contribution in [3.63, 3.8) is 0 Å². The molecule has 0 amide bonds. The molecule has 0 unspecified atom stereocenters. The summed E-state index contributed by atoms with van der Waals surface area (Å²) in [6.07, 6.45) is 2.25. The molecule has 1 nitrogen and oxygen atoms in total. The van der Waals surface area contributed by atoms with Crippen molar-refractivity contribution in [2.45, 2.75) is 66.2 Å². The molecule has 0 radical (unpaired) electrons. The molecule has 0 bridgehead atoms. The summed E-state index contributed by atoms with van der Waals surface area (Å²) in [6.45, 7) is 13.3. The number of hydrogen-bond acceptors (Lipinski definition) is 1. The second-order valence-corrected chi connectivity index (χ2v) is 5.69. The van der Waals surface area contributed by atoms with Crippen LogP contribution in [-0.2, 0) is 0 Å². The molecule has 0 saturated carbocycles. The number of aliphatic imine (C=N–C) groups is 1. The Morgan fingerprint density at radius 1 is 1.06 bits per heavy atom. The topological polar surface area (TPSA) is 12.4 Å². The van der Waals surface area contributed by atoms with Gasteiger partial charge in [-0.1, -0.05) is 59.2 Å². The van der Waals surface area contributed by atoms with Gasteiger partial charge in [0.25, 0.3) is 0 Å². The second kappa shape index (κ2) is 6.72. The highest BCUT2D eigenvalue weighted by molar-refractivity contribution is 5.85. The third-order valence-electron chi connectivity index (χ3n) is 3.26. The Bertz CT molecular complexity index is 387. The van der Waals surface area contributed by atoms with Crippen molar-refractivity contribution in [1.29, 1.82) is 0 Å². The highest BCUT2D eigenvalue weighted by Gasteiger charge is 2.13. The molecule has 0 N–H and O–H groups in total. The predicted molar refractivity (Wildman–Crippen MR) is 82.3 cm³/mol. The summed E-state index contributed by atoms with van der Waals surface area (Å²) in [5, 5.41) is 0. The van der Waals surface area contributed by atoms with Gasteiger partial charge in [0.1, 0.15) is 0 Å². The molecule has 0 atom stereocenters. The van der Waals surface area contributed by atoms with Crippen LogP contribution in [0.15, 0.2) is 23.2 Å². The zero-order valence-electron chi connectivity index (χ0n) is 12.7. The Kier molecular flexibility index (Phi) is 5.58. The van der Waals surface area contributed by atoms with E-state index in [1.807, 2.05) is 0 Å². The van der Waals surface area contributed by atoms with Gasteiger partial charge in [-0.2, -0.15) is 0 Å². The number of rotatable bonds is 5.